The third-order valence-electron chi connectivity index (χ3n) is 4.33. The van der Waals surface area contributed by atoms with E-state index in [2.05, 4.69) is 15.3 Å². The predicted molar refractivity (Wildman–Crippen MR) is 105 cm³/mol. The van der Waals surface area contributed by atoms with Crippen LogP contribution in [0.4, 0.5) is 5.69 Å². The van der Waals surface area contributed by atoms with Gasteiger partial charge in [-0.3, -0.25) is 9.59 Å². The van der Waals surface area contributed by atoms with E-state index in [1.807, 2.05) is 0 Å². The van der Waals surface area contributed by atoms with Gasteiger partial charge in [-0.2, -0.15) is 4.99 Å². The standard InChI is InChI=1S/C19H21N3O4S/c1-2-26-18(25)12-7-9-13(10-8-12)20-16(23)11-27-19-21-15-6-4-3-5-14(15)17(24)22-19/h7-10,14H,2-6,11H2,1H3,(H,20,23). The molecular weight excluding hydrogens is 366 g/mol. The molecule has 1 N–H and O–H groups in total. The minimum absolute atomic E-state index is 0.104. The number of benzene rings is 1. The molecule has 2 aliphatic rings. The van der Waals surface area contributed by atoms with Crippen LogP contribution in [0.5, 0.6) is 0 Å². The summed E-state index contributed by atoms with van der Waals surface area (Å²) < 4.78 is 4.92. The van der Waals surface area contributed by atoms with E-state index in [-0.39, 0.29) is 23.5 Å². The second-order valence-electron chi connectivity index (χ2n) is 6.27. The molecule has 1 saturated carbocycles. The summed E-state index contributed by atoms with van der Waals surface area (Å²) >= 11 is 1.15. The van der Waals surface area contributed by atoms with Gasteiger partial charge in [-0.25, -0.2) is 9.79 Å². The molecule has 7 nitrogen and oxygen atoms in total. The van der Waals surface area contributed by atoms with Crippen LogP contribution in [-0.2, 0) is 14.3 Å². The first kappa shape index (κ1) is 19.3. The number of hydrogen-bond donors (Lipinski definition) is 1. The topological polar surface area (TPSA) is 97.2 Å². The number of amides is 2. The van der Waals surface area contributed by atoms with Crippen molar-refractivity contribution in [1.29, 1.82) is 0 Å². The van der Waals surface area contributed by atoms with Gasteiger partial charge in [0.2, 0.25) is 5.91 Å². The van der Waals surface area contributed by atoms with E-state index in [1.54, 1.807) is 31.2 Å². The van der Waals surface area contributed by atoms with Crippen molar-refractivity contribution in [3.63, 3.8) is 0 Å². The minimum Gasteiger partial charge on any atom is -0.462 e. The average molecular weight is 387 g/mol. The van der Waals surface area contributed by atoms with Crippen molar-refractivity contribution in [3.8, 4) is 0 Å². The zero-order valence-electron chi connectivity index (χ0n) is 15.1. The molecule has 2 amide bonds. The van der Waals surface area contributed by atoms with Gasteiger partial charge in [0, 0.05) is 11.4 Å². The number of ether oxygens (including phenoxy) is 1. The van der Waals surface area contributed by atoms with Crippen LogP contribution >= 0.6 is 11.8 Å². The van der Waals surface area contributed by atoms with Crippen molar-refractivity contribution in [1.82, 2.24) is 0 Å². The Hall–Kier alpha value is -2.48. The molecular formula is C19H21N3O4S. The van der Waals surface area contributed by atoms with Gasteiger partial charge in [0.15, 0.2) is 5.17 Å². The fourth-order valence-electron chi connectivity index (χ4n) is 3.01. The van der Waals surface area contributed by atoms with Crippen molar-refractivity contribution in [2.45, 2.75) is 32.6 Å². The van der Waals surface area contributed by atoms with E-state index in [9.17, 15) is 14.4 Å². The van der Waals surface area contributed by atoms with Crippen LogP contribution in [0, 0.1) is 5.92 Å². The van der Waals surface area contributed by atoms with E-state index < -0.39 is 5.97 Å². The second kappa shape index (κ2) is 8.94. The first-order valence-electron chi connectivity index (χ1n) is 8.96. The third-order valence-corrected chi connectivity index (χ3v) is 5.18. The number of fused-ring (bicyclic) bond motifs is 1. The van der Waals surface area contributed by atoms with Crippen LogP contribution in [0.15, 0.2) is 34.3 Å². The first-order chi connectivity index (χ1) is 13.1. The molecule has 0 bridgehead atoms. The maximum atomic E-state index is 12.1. The number of carbonyl (C=O) groups is 3. The minimum atomic E-state index is -0.397. The Morgan fingerprint density at radius 2 is 2.00 bits per heavy atom. The smallest absolute Gasteiger partial charge is 0.338 e. The molecule has 1 aromatic carbocycles. The number of carbonyl (C=O) groups excluding carboxylic acids is 3. The molecule has 142 valence electrons. The van der Waals surface area contributed by atoms with Crippen molar-refractivity contribution in [3.05, 3.63) is 29.8 Å². The molecule has 1 fully saturated rings. The largest absolute Gasteiger partial charge is 0.462 e. The summed E-state index contributed by atoms with van der Waals surface area (Å²) in [5.41, 5.74) is 1.91. The predicted octanol–water partition coefficient (Wildman–Crippen LogP) is 3.06. The van der Waals surface area contributed by atoms with Gasteiger partial charge in [-0.1, -0.05) is 18.2 Å². The second-order valence-corrected chi connectivity index (χ2v) is 7.21. The SMILES string of the molecule is CCOC(=O)c1ccc(NC(=O)CSC2=NC(=O)C3CCCCC3=N2)cc1. The first-order valence-corrected chi connectivity index (χ1v) is 9.95. The van der Waals surface area contributed by atoms with Crippen LogP contribution in [0.1, 0.15) is 43.0 Å². The Bertz CT molecular complexity index is 802. The van der Waals surface area contributed by atoms with E-state index >= 15 is 0 Å². The molecule has 1 heterocycles. The van der Waals surface area contributed by atoms with Gasteiger partial charge >= 0.3 is 5.97 Å². The monoisotopic (exact) mass is 387 g/mol. The number of anilines is 1. The normalized spacial score (nSPS) is 18.9. The Morgan fingerprint density at radius 3 is 2.74 bits per heavy atom. The Morgan fingerprint density at radius 1 is 1.22 bits per heavy atom. The Kier molecular flexibility index (Phi) is 6.39. The quantitative estimate of drug-likeness (QED) is 0.783. The molecule has 27 heavy (non-hydrogen) atoms. The van der Waals surface area contributed by atoms with E-state index in [4.69, 9.17) is 4.74 Å². The number of thioether (sulfide) groups is 1. The number of rotatable bonds is 5. The summed E-state index contributed by atoms with van der Waals surface area (Å²) in [5, 5.41) is 3.11. The molecule has 8 heteroatoms. The van der Waals surface area contributed by atoms with Gasteiger partial charge in [0.1, 0.15) is 0 Å². The maximum absolute atomic E-state index is 12.1. The summed E-state index contributed by atoms with van der Waals surface area (Å²) in [6.45, 7) is 2.05. The zero-order chi connectivity index (χ0) is 19.2. The van der Waals surface area contributed by atoms with Crippen molar-refractivity contribution in [2.75, 3.05) is 17.7 Å². The van der Waals surface area contributed by atoms with Crippen LogP contribution in [0.2, 0.25) is 0 Å². The summed E-state index contributed by atoms with van der Waals surface area (Å²) in [6.07, 6.45) is 3.73. The van der Waals surface area contributed by atoms with Crippen LogP contribution in [0.25, 0.3) is 0 Å². The van der Waals surface area contributed by atoms with E-state index in [0.717, 1.165) is 43.2 Å². The van der Waals surface area contributed by atoms with Gasteiger partial charge in [0.25, 0.3) is 5.91 Å². The maximum Gasteiger partial charge on any atom is 0.338 e. The lowest BCUT2D eigenvalue weighted by Crippen LogP contribution is -2.30. The number of nitrogens with one attached hydrogen (secondary N) is 1. The molecule has 3 rings (SSSR count). The third kappa shape index (κ3) is 5.03. The molecule has 1 unspecified atom stereocenters. The van der Waals surface area contributed by atoms with Crippen LogP contribution < -0.4 is 5.32 Å². The summed E-state index contributed by atoms with van der Waals surface area (Å²) in [4.78, 5) is 44.3. The van der Waals surface area contributed by atoms with Gasteiger partial charge < -0.3 is 10.1 Å². The highest BCUT2D eigenvalue weighted by atomic mass is 32.2. The molecule has 0 aromatic heterocycles. The Labute approximate surface area is 161 Å². The van der Waals surface area contributed by atoms with Crippen molar-refractivity contribution in [2.24, 2.45) is 15.9 Å². The molecule has 0 saturated heterocycles. The lowest BCUT2D eigenvalue weighted by Gasteiger charge is -2.24. The van der Waals surface area contributed by atoms with E-state index in [1.165, 1.54) is 0 Å². The van der Waals surface area contributed by atoms with Crippen LogP contribution in [-0.4, -0.2) is 41.0 Å². The number of nitrogens with zero attached hydrogens (tertiary/aromatic N) is 2. The molecule has 1 atom stereocenters. The highest BCUT2D eigenvalue weighted by molar-refractivity contribution is 8.14. The highest BCUT2D eigenvalue weighted by Crippen LogP contribution is 2.27. The molecule has 1 aromatic rings. The van der Waals surface area contributed by atoms with E-state index in [0.29, 0.717) is 23.0 Å². The molecule has 0 radical (unpaired) electrons. The molecule has 1 aliphatic heterocycles. The lowest BCUT2D eigenvalue weighted by atomic mass is 9.86. The zero-order valence-corrected chi connectivity index (χ0v) is 15.9. The average Bonchev–Trinajstić information content (AvgIpc) is 2.67. The van der Waals surface area contributed by atoms with Crippen LogP contribution in [0.3, 0.4) is 0 Å². The lowest BCUT2D eigenvalue weighted by molar-refractivity contribution is -0.120. The number of hydrogen-bond acceptors (Lipinski definition) is 6. The summed E-state index contributed by atoms with van der Waals surface area (Å²) in [7, 11) is 0. The van der Waals surface area contributed by atoms with Crippen molar-refractivity contribution >= 4 is 46.1 Å². The van der Waals surface area contributed by atoms with Gasteiger partial charge in [0.05, 0.1) is 23.8 Å². The number of esters is 1. The van der Waals surface area contributed by atoms with Gasteiger partial charge in [-0.05, 0) is 50.5 Å². The Balaban J connectivity index is 1.52. The summed E-state index contributed by atoms with van der Waals surface area (Å²) in [5.74, 6) is -0.823. The fourth-order valence-corrected chi connectivity index (χ4v) is 3.68. The fraction of sp³-hybridized carbons (Fsp3) is 0.421. The molecule has 0 spiro atoms. The summed E-state index contributed by atoms with van der Waals surface area (Å²) in [6, 6.07) is 6.48. The van der Waals surface area contributed by atoms with Crippen molar-refractivity contribution < 1.29 is 19.1 Å². The highest BCUT2D eigenvalue weighted by Gasteiger charge is 2.30. The number of amidine groups is 1. The molecule has 1 aliphatic carbocycles. The van der Waals surface area contributed by atoms with Gasteiger partial charge in [-0.15, -0.1) is 0 Å². The number of aliphatic imine (C=N–C) groups is 2.